The van der Waals surface area contributed by atoms with Crippen LogP contribution in [0.15, 0.2) is 88.2 Å². The fraction of sp³-hybridized carbons (Fsp3) is 0.0870. The van der Waals surface area contributed by atoms with Gasteiger partial charge in [-0.15, -0.1) is 11.8 Å². The minimum atomic E-state index is -1.02. The maximum Gasteiger partial charge on any atom is 0.341 e. The lowest BCUT2D eigenvalue weighted by molar-refractivity contribution is -0.139. The number of ether oxygens (including phenoxy) is 1. The highest BCUT2D eigenvalue weighted by Crippen LogP contribution is 2.31. The van der Waals surface area contributed by atoms with Gasteiger partial charge in [-0.25, -0.2) is 9.18 Å². The van der Waals surface area contributed by atoms with Crippen LogP contribution in [0.4, 0.5) is 4.39 Å². The molecule has 0 amide bonds. The Morgan fingerprint density at radius 3 is 2.38 bits per heavy atom. The van der Waals surface area contributed by atoms with Gasteiger partial charge in [-0.1, -0.05) is 48.5 Å². The predicted octanol–water partition coefficient (Wildman–Crippen LogP) is 6.28. The lowest BCUT2D eigenvalue weighted by atomic mass is 9.98. The van der Waals surface area contributed by atoms with Crippen molar-refractivity contribution in [3.05, 3.63) is 100 Å². The van der Waals surface area contributed by atoms with Crippen LogP contribution in [-0.4, -0.2) is 23.4 Å². The molecule has 0 bridgehead atoms. The van der Waals surface area contributed by atoms with Gasteiger partial charge in [0, 0.05) is 10.6 Å². The first-order chi connectivity index (χ1) is 14.0. The van der Waals surface area contributed by atoms with Gasteiger partial charge in [-0.2, -0.15) is 0 Å². The Morgan fingerprint density at radius 2 is 1.72 bits per heavy atom. The van der Waals surface area contributed by atoms with Crippen molar-refractivity contribution in [3.8, 4) is 5.75 Å². The zero-order valence-electron chi connectivity index (χ0n) is 15.3. The summed E-state index contributed by atoms with van der Waals surface area (Å²) < 4.78 is 19.3. The summed E-state index contributed by atoms with van der Waals surface area (Å²) in [5, 5.41) is 8.72. The first kappa shape index (κ1) is 21.1. The zero-order chi connectivity index (χ0) is 20.6. The molecule has 0 saturated carbocycles. The van der Waals surface area contributed by atoms with Crippen LogP contribution in [0.25, 0.3) is 5.57 Å². The maximum absolute atomic E-state index is 13.3. The number of aliphatic carboxylic acids is 1. The van der Waals surface area contributed by atoms with Gasteiger partial charge in [0.05, 0.1) is 4.47 Å². The molecule has 3 aromatic carbocycles. The SMILES string of the molecule is O=C(O)COc1ccc(SCC=C(c2ccccc2)c2ccc(F)cc2)cc1Br. The van der Waals surface area contributed by atoms with Crippen LogP contribution in [0.3, 0.4) is 0 Å². The highest BCUT2D eigenvalue weighted by Gasteiger charge is 2.07. The van der Waals surface area contributed by atoms with Gasteiger partial charge >= 0.3 is 5.97 Å². The molecule has 0 aliphatic heterocycles. The van der Waals surface area contributed by atoms with Crippen molar-refractivity contribution in [2.45, 2.75) is 4.90 Å². The Labute approximate surface area is 181 Å². The maximum atomic E-state index is 13.3. The monoisotopic (exact) mass is 472 g/mol. The van der Waals surface area contributed by atoms with Gasteiger partial charge in [0.25, 0.3) is 0 Å². The molecule has 0 heterocycles. The molecule has 3 nitrogen and oxygen atoms in total. The Kier molecular flexibility index (Phi) is 7.49. The number of rotatable bonds is 8. The second kappa shape index (κ2) is 10.3. The molecule has 0 unspecified atom stereocenters. The average molecular weight is 473 g/mol. The molecule has 0 atom stereocenters. The standard InChI is InChI=1S/C23H18BrFO3S/c24-21-14-19(10-11-22(21)28-15-23(26)27)29-13-12-20(16-4-2-1-3-5-16)17-6-8-18(25)9-7-17/h1-12,14H,13,15H2,(H,26,27). The van der Waals surface area contributed by atoms with E-state index in [1.165, 1.54) is 12.1 Å². The summed E-state index contributed by atoms with van der Waals surface area (Å²) in [6.45, 7) is -0.383. The molecule has 3 aromatic rings. The van der Waals surface area contributed by atoms with Gasteiger partial charge in [-0.05, 0) is 63.0 Å². The Hall–Kier alpha value is -2.57. The summed E-state index contributed by atoms with van der Waals surface area (Å²) >= 11 is 5.05. The second-order valence-electron chi connectivity index (χ2n) is 6.08. The molecule has 0 radical (unpaired) electrons. The summed E-state index contributed by atoms with van der Waals surface area (Å²) in [6, 6.07) is 22.0. The summed E-state index contributed by atoms with van der Waals surface area (Å²) in [4.78, 5) is 11.7. The Bertz CT molecular complexity index is 1000. The van der Waals surface area contributed by atoms with E-state index in [1.54, 1.807) is 30.0 Å². The van der Waals surface area contributed by atoms with Crippen molar-refractivity contribution in [3.63, 3.8) is 0 Å². The van der Waals surface area contributed by atoms with Crippen molar-refractivity contribution in [2.24, 2.45) is 0 Å². The van der Waals surface area contributed by atoms with Crippen LogP contribution in [0.5, 0.6) is 5.75 Å². The quantitative estimate of drug-likeness (QED) is 0.392. The Morgan fingerprint density at radius 1 is 1.03 bits per heavy atom. The number of thioether (sulfide) groups is 1. The molecule has 0 aromatic heterocycles. The van der Waals surface area contributed by atoms with Crippen LogP contribution in [0.1, 0.15) is 11.1 Å². The molecule has 0 aliphatic carbocycles. The van der Waals surface area contributed by atoms with E-state index >= 15 is 0 Å². The molecule has 29 heavy (non-hydrogen) atoms. The molecule has 0 spiro atoms. The lowest BCUT2D eigenvalue weighted by Crippen LogP contribution is -2.09. The molecule has 6 heteroatoms. The highest BCUT2D eigenvalue weighted by atomic mass is 79.9. The van der Waals surface area contributed by atoms with E-state index in [2.05, 4.69) is 22.0 Å². The molecular formula is C23H18BrFO3S. The van der Waals surface area contributed by atoms with Gasteiger partial charge in [0.15, 0.2) is 6.61 Å². The number of hydrogen-bond donors (Lipinski definition) is 1. The smallest absolute Gasteiger partial charge is 0.341 e. The van der Waals surface area contributed by atoms with Crippen molar-refractivity contribution in [1.82, 2.24) is 0 Å². The number of hydrogen-bond acceptors (Lipinski definition) is 3. The normalized spacial score (nSPS) is 11.3. The van der Waals surface area contributed by atoms with Crippen LogP contribution >= 0.6 is 27.7 Å². The van der Waals surface area contributed by atoms with Crippen LogP contribution in [0.2, 0.25) is 0 Å². The summed E-state index contributed by atoms with van der Waals surface area (Å²) in [6.07, 6.45) is 2.12. The molecule has 148 valence electrons. The molecule has 1 N–H and O–H groups in total. The molecule has 0 saturated heterocycles. The third-order valence-corrected chi connectivity index (χ3v) is 5.57. The highest BCUT2D eigenvalue weighted by molar-refractivity contribution is 9.10. The first-order valence-electron chi connectivity index (χ1n) is 8.81. The predicted molar refractivity (Wildman–Crippen MR) is 118 cm³/mol. The van der Waals surface area contributed by atoms with Crippen molar-refractivity contribution in [2.75, 3.05) is 12.4 Å². The van der Waals surface area contributed by atoms with E-state index in [4.69, 9.17) is 9.84 Å². The summed E-state index contributed by atoms with van der Waals surface area (Å²) in [7, 11) is 0. The van der Waals surface area contributed by atoms with Crippen LogP contribution in [-0.2, 0) is 4.79 Å². The number of carboxylic acids is 1. The van der Waals surface area contributed by atoms with E-state index in [1.807, 2.05) is 42.5 Å². The van der Waals surface area contributed by atoms with Crippen molar-refractivity contribution in [1.29, 1.82) is 0 Å². The largest absolute Gasteiger partial charge is 0.481 e. The summed E-state index contributed by atoms with van der Waals surface area (Å²) in [5.41, 5.74) is 3.06. The topological polar surface area (TPSA) is 46.5 Å². The van der Waals surface area contributed by atoms with Gasteiger partial charge in [0.2, 0.25) is 0 Å². The van der Waals surface area contributed by atoms with Crippen molar-refractivity contribution < 1.29 is 19.0 Å². The number of halogens is 2. The number of carbonyl (C=O) groups is 1. The van der Waals surface area contributed by atoms with E-state index in [0.717, 1.165) is 21.6 Å². The van der Waals surface area contributed by atoms with Gasteiger partial charge in [-0.3, -0.25) is 0 Å². The Balaban J connectivity index is 1.75. The first-order valence-corrected chi connectivity index (χ1v) is 10.6. The van der Waals surface area contributed by atoms with Crippen LogP contribution in [0, 0.1) is 5.82 Å². The number of benzene rings is 3. The third kappa shape index (κ3) is 6.21. The van der Waals surface area contributed by atoms with E-state index in [0.29, 0.717) is 16.0 Å². The average Bonchev–Trinajstić information content (AvgIpc) is 2.72. The van der Waals surface area contributed by atoms with E-state index in [-0.39, 0.29) is 12.4 Å². The lowest BCUT2D eigenvalue weighted by Gasteiger charge is -2.10. The van der Waals surface area contributed by atoms with Gasteiger partial charge in [0.1, 0.15) is 11.6 Å². The van der Waals surface area contributed by atoms with E-state index in [9.17, 15) is 9.18 Å². The molecule has 0 fully saturated rings. The fourth-order valence-electron chi connectivity index (χ4n) is 2.70. The summed E-state index contributed by atoms with van der Waals surface area (Å²) in [5.74, 6) is -0.0764. The number of carboxylic acid groups (broad SMARTS) is 1. The van der Waals surface area contributed by atoms with Crippen molar-refractivity contribution >= 4 is 39.2 Å². The second-order valence-corrected chi connectivity index (χ2v) is 8.02. The van der Waals surface area contributed by atoms with Gasteiger partial charge < -0.3 is 9.84 Å². The zero-order valence-corrected chi connectivity index (χ0v) is 17.8. The molecular weight excluding hydrogens is 455 g/mol. The third-order valence-electron chi connectivity index (χ3n) is 4.03. The minimum absolute atomic E-state index is 0.259. The fourth-order valence-corrected chi connectivity index (χ4v) is 4.15. The van der Waals surface area contributed by atoms with E-state index < -0.39 is 5.97 Å². The molecule has 0 aliphatic rings. The minimum Gasteiger partial charge on any atom is -0.481 e. The van der Waals surface area contributed by atoms with Crippen LogP contribution < -0.4 is 4.74 Å². The molecule has 3 rings (SSSR count).